The summed E-state index contributed by atoms with van der Waals surface area (Å²) in [6.07, 6.45) is 0. The lowest BCUT2D eigenvalue weighted by Crippen LogP contribution is -2.23. The van der Waals surface area contributed by atoms with Gasteiger partial charge in [-0.25, -0.2) is 4.98 Å². The van der Waals surface area contributed by atoms with Crippen molar-refractivity contribution in [2.75, 3.05) is 19.4 Å². The molecule has 0 radical (unpaired) electrons. The van der Waals surface area contributed by atoms with Gasteiger partial charge in [0.1, 0.15) is 18.1 Å². The highest BCUT2D eigenvalue weighted by Gasteiger charge is 2.15. The monoisotopic (exact) mass is 414 g/mol. The summed E-state index contributed by atoms with van der Waals surface area (Å²) in [5.74, 6) is 0.116. The van der Waals surface area contributed by atoms with Gasteiger partial charge in [0.05, 0.1) is 22.9 Å². The van der Waals surface area contributed by atoms with Gasteiger partial charge in [-0.3, -0.25) is 9.59 Å². The van der Waals surface area contributed by atoms with Gasteiger partial charge < -0.3 is 15.0 Å². The van der Waals surface area contributed by atoms with Crippen LogP contribution in [0.15, 0.2) is 60.7 Å². The first-order valence-electron chi connectivity index (χ1n) is 9.60. The molecule has 1 heterocycles. The Morgan fingerprint density at radius 2 is 1.84 bits per heavy atom. The average Bonchev–Trinajstić information content (AvgIpc) is 2.78. The van der Waals surface area contributed by atoms with E-state index in [1.54, 1.807) is 69.6 Å². The van der Waals surface area contributed by atoms with E-state index < -0.39 is 0 Å². The molecule has 0 aliphatic rings. The minimum atomic E-state index is -0.309. The van der Waals surface area contributed by atoms with E-state index >= 15 is 0 Å². The Morgan fingerprint density at radius 1 is 1.10 bits per heavy atom. The van der Waals surface area contributed by atoms with Crippen LogP contribution in [0.1, 0.15) is 37.7 Å². The van der Waals surface area contributed by atoms with Crippen LogP contribution in [0.4, 0.5) is 5.69 Å². The smallest absolute Gasteiger partial charge is 0.271 e. The summed E-state index contributed by atoms with van der Waals surface area (Å²) >= 11 is 0. The molecule has 7 heteroatoms. The second-order valence-electron chi connectivity index (χ2n) is 7.11. The minimum absolute atomic E-state index is 0.218. The topological polar surface area (TPSA) is 95.3 Å². The zero-order valence-corrected chi connectivity index (χ0v) is 17.5. The normalized spacial score (nSPS) is 10.1. The molecule has 0 saturated carbocycles. The first-order valence-corrected chi connectivity index (χ1v) is 9.60. The van der Waals surface area contributed by atoms with Crippen LogP contribution in [-0.2, 0) is 6.61 Å². The number of hydrogen-bond donors (Lipinski definition) is 1. The number of anilines is 1. The number of nitriles is 1. The highest BCUT2D eigenvalue weighted by molar-refractivity contribution is 6.05. The van der Waals surface area contributed by atoms with E-state index in [2.05, 4.69) is 16.4 Å². The molecule has 0 aliphatic carbocycles. The summed E-state index contributed by atoms with van der Waals surface area (Å²) in [7, 11) is 3.30. The molecule has 0 atom stereocenters. The molecule has 3 aromatic rings. The van der Waals surface area contributed by atoms with Crippen molar-refractivity contribution < 1.29 is 14.3 Å². The third-order valence-corrected chi connectivity index (χ3v) is 4.53. The Bertz CT molecular complexity index is 1150. The van der Waals surface area contributed by atoms with E-state index in [1.165, 1.54) is 4.90 Å². The summed E-state index contributed by atoms with van der Waals surface area (Å²) in [6.45, 7) is 2.03. The molecule has 3 rings (SSSR count). The van der Waals surface area contributed by atoms with Crippen molar-refractivity contribution in [1.82, 2.24) is 9.88 Å². The van der Waals surface area contributed by atoms with Crippen molar-refractivity contribution in [2.24, 2.45) is 0 Å². The predicted octanol–water partition coefficient (Wildman–Crippen LogP) is 3.79. The van der Waals surface area contributed by atoms with Crippen LogP contribution < -0.4 is 10.1 Å². The molecule has 1 N–H and O–H groups in total. The Morgan fingerprint density at radius 3 is 2.48 bits per heavy atom. The third-order valence-electron chi connectivity index (χ3n) is 4.53. The summed E-state index contributed by atoms with van der Waals surface area (Å²) in [5.41, 5.74) is 3.26. The molecule has 1 aromatic heterocycles. The fourth-order valence-electron chi connectivity index (χ4n) is 2.88. The van der Waals surface area contributed by atoms with Gasteiger partial charge in [-0.15, -0.1) is 0 Å². The molecule has 31 heavy (non-hydrogen) atoms. The van der Waals surface area contributed by atoms with Crippen molar-refractivity contribution in [1.29, 1.82) is 5.26 Å². The van der Waals surface area contributed by atoms with Gasteiger partial charge >= 0.3 is 0 Å². The Labute approximate surface area is 180 Å². The van der Waals surface area contributed by atoms with E-state index in [0.717, 1.165) is 5.56 Å². The summed E-state index contributed by atoms with van der Waals surface area (Å²) < 4.78 is 5.74. The molecule has 156 valence electrons. The zero-order chi connectivity index (χ0) is 22.4. The van der Waals surface area contributed by atoms with Gasteiger partial charge in [0.15, 0.2) is 0 Å². The first-order chi connectivity index (χ1) is 14.9. The van der Waals surface area contributed by atoms with Gasteiger partial charge in [0.2, 0.25) is 0 Å². The molecule has 0 saturated heterocycles. The van der Waals surface area contributed by atoms with E-state index in [9.17, 15) is 9.59 Å². The number of carbonyl (C=O) groups excluding carboxylic acids is 2. The number of benzene rings is 2. The molecular formula is C24H22N4O3. The van der Waals surface area contributed by atoms with Crippen molar-refractivity contribution in [2.45, 2.75) is 13.5 Å². The van der Waals surface area contributed by atoms with E-state index in [-0.39, 0.29) is 11.8 Å². The molecule has 2 amide bonds. The number of aromatic nitrogens is 1. The summed E-state index contributed by atoms with van der Waals surface area (Å²) in [6, 6.07) is 19.5. The predicted molar refractivity (Wildman–Crippen MR) is 117 cm³/mol. The van der Waals surface area contributed by atoms with Crippen LogP contribution in [0.3, 0.4) is 0 Å². The molecule has 0 bridgehead atoms. The fraction of sp³-hybridized carbons (Fsp3) is 0.167. The number of nitrogens with one attached hydrogen (secondary N) is 1. The number of hydrogen-bond acceptors (Lipinski definition) is 5. The Balaban J connectivity index is 1.62. The van der Waals surface area contributed by atoms with Crippen molar-refractivity contribution in [3.8, 4) is 11.8 Å². The van der Waals surface area contributed by atoms with Crippen LogP contribution in [0.5, 0.6) is 5.75 Å². The molecule has 0 aliphatic heterocycles. The van der Waals surface area contributed by atoms with Crippen LogP contribution in [-0.4, -0.2) is 35.8 Å². The maximum absolute atomic E-state index is 12.6. The average molecular weight is 414 g/mol. The van der Waals surface area contributed by atoms with Crippen LogP contribution in [0.2, 0.25) is 0 Å². The molecule has 0 fully saturated rings. The van der Waals surface area contributed by atoms with Crippen molar-refractivity contribution in [3.63, 3.8) is 0 Å². The molecule has 0 spiro atoms. The number of pyridine rings is 1. The SMILES string of the molecule is Cc1nc(C(=O)N(C)C)ccc1C(=O)Nc1ccc(OCc2cccc(C#N)c2)cc1. The molecule has 2 aromatic carbocycles. The number of rotatable bonds is 6. The number of amides is 2. The van der Waals surface area contributed by atoms with Crippen LogP contribution in [0, 0.1) is 18.3 Å². The third kappa shape index (κ3) is 5.46. The van der Waals surface area contributed by atoms with Gasteiger partial charge in [-0.1, -0.05) is 12.1 Å². The lowest BCUT2D eigenvalue weighted by atomic mass is 10.1. The summed E-state index contributed by atoms with van der Waals surface area (Å²) in [4.78, 5) is 30.3. The van der Waals surface area contributed by atoms with E-state index in [4.69, 9.17) is 10.00 Å². The van der Waals surface area contributed by atoms with Gasteiger partial charge in [-0.2, -0.15) is 5.26 Å². The molecular weight excluding hydrogens is 392 g/mol. The quantitative estimate of drug-likeness (QED) is 0.662. The Kier molecular flexibility index (Phi) is 6.63. The van der Waals surface area contributed by atoms with E-state index in [0.29, 0.717) is 40.6 Å². The highest BCUT2D eigenvalue weighted by Crippen LogP contribution is 2.19. The van der Waals surface area contributed by atoms with Crippen molar-refractivity contribution >= 4 is 17.5 Å². The lowest BCUT2D eigenvalue weighted by Gasteiger charge is -2.12. The number of ether oxygens (including phenoxy) is 1. The number of aryl methyl sites for hydroxylation is 1. The van der Waals surface area contributed by atoms with Gasteiger partial charge in [0, 0.05) is 19.8 Å². The largest absolute Gasteiger partial charge is 0.489 e. The standard InChI is InChI=1S/C24H22N4O3/c1-16-21(11-12-22(26-16)24(30)28(2)3)23(29)27-19-7-9-20(10-8-19)31-15-18-6-4-5-17(13-18)14-25/h4-13H,15H2,1-3H3,(H,27,29). The Hall–Kier alpha value is -4.18. The lowest BCUT2D eigenvalue weighted by molar-refractivity contribution is 0.0821. The van der Waals surface area contributed by atoms with Gasteiger partial charge in [-0.05, 0) is 61.0 Å². The minimum Gasteiger partial charge on any atom is -0.489 e. The number of carbonyl (C=O) groups is 2. The number of nitrogens with zero attached hydrogens (tertiary/aromatic N) is 3. The van der Waals surface area contributed by atoms with Crippen LogP contribution in [0.25, 0.3) is 0 Å². The zero-order valence-electron chi connectivity index (χ0n) is 17.5. The van der Waals surface area contributed by atoms with Crippen molar-refractivity contribution in [3.05, 3.63) is 88.7 Å². The second kappa shape index (κ2) is 9.55. The molecule has 0 unspecified atom stereocenters. The van der Waals surface area contributed by atoms with E-state index in [1.807, 2.05) is 12.1 Å². The van der Waals surface area contributed by atoms with Gasteiger partial charge in [0.25, 0.3) is 11.8 Å². The highest BCUT2D eigenvalue weighted by atomic mass is 16.5. The maximum atomic E-state index is 12.6. The summed E-state index contributed by atoms with van der Waals surface area (Å²) in [5, 5.41) is 11.8. The molecule has 7 nitrogen and oxygen atoms in total. The first kappa shape index (κ1) is 21.5. The maximum Gasteiger partial charge on any atom is 0.271 e. The fourth-order valence-corrected chi connectivity index (χ4v) is 2.88. The van der Waals surface area contributed by atoms with Crippen LogP contribution >= 0.6 is 0 Å². The second-order valence-corrected chi connectivity index (χ2v) is 7.11.